The third-order valence-corrected chi connectivity index (χ3v) is 7.04. The quantitative estimate of drug-likeness (QED) is 0.652. The molecule has 2 aliphatic rings. The summed E-state index contributed by atoms with van der Waals surface area (Å²) >= 11 is 1.79. The summed E-state index contributed by atoms with van der Waals surface area (Å²) in [5.41, 5.74) is 3.31. The minimum atomic E-state index is -0.178. The first kappa shape index (κ1) is 15.9. The Labute approximate surface area is 157 Å². The van der Waals surface area contributed by atoms with Gasteiger partial charge in [0.05, 0.1) is 5.56 Å². The number of amides is 1. The molecule has 3 aromatic rings. The highest BCUT2D eigenvalue weighted by Gasteiger charge is 2.33. The summed E-state index contributed by atoms with van der Waals surface area (Å²) in [5, 5.41) is 10.2. The highest BCUT2D eigenvalue weighted by Crippen LogP contribution is 2.43. The Morgan fingerprint density at radius 3 is 2.85 bits per heavy atom. The lowest BCUT2D eigenvalue weighted by atomic mass is 9.85. The number of anilines is 1. The number of hydrogen-bond donors (Lipinski definition) is 2. The van der Waals surface area contributed by atoms with Crippen LogP contribution in [0.15, 0.2) is 42.5 Å². The van der Waals surface area contributed by atoms with Gasteiger partial charge in [0.15, 0.2) is 0 Å². The van der Waals surface area contributed by atoms with E-state index >= 15 is 0 Å². The molecule has 5 rings (SSSR count). The Morgan fingerprint density at radius 2 is 1.96 bits per heavy atom. The average molecular weight is 362 g/mol. The molecule has 4 heteroatoms. The number of carbonyl (C=O) groups excluding carboxylic acids is 1. The van der Waals surface area contributed by atoms with Gasteiger partial charge in [-0.3, -0.25) is 4.79 Å². The van der Waals surface area contributed by atoms with Gasteiger partial charge in [0, 0.05) is 10.4 Å². The molecule has 1 aliphatic carbocycles. The maximum absolute atomic E-state index is 12.9. The summed E-state index contributed by atoms with van der Waals surface area (Å²) in [5.74, 6) is 0.837. The monoisotopic (exact) mass is 362 g/mol. The van der Waals surface area contributed by atoms with Crippen molar-refractivity contribution in [3.8, 4) is 0 Å². The molecule has 0 bridgehead atoms. The van der Waals surface area contributed by atoms with Crippen molar-refractivity contribution in [3.63, 3.8) is 0 Å². The molecule has 1 aromatic heterocycles. The van der Waals surface area contributed by atoms with E-state index in [2.05, 4.69) is 60.0 Å². The van der Waals surface area contributed by atoms with Crippen molar-refractivity contribution in [2.45, 2.75) is 38.8 Å². The number of rotatable bonds is 2. The maximum Gasteiger partial charge on any atom is 0.256 e. The highest BCUT2D eigenvalue weighted by atomic mass is 32.1. The highest BCUT2D eigenvalue weighted by molar-refractivity contribution is 7.16. The SMILES string of the molecule is CCC1CCc2c(sc3c2C(=O)NC(c2cccc4ccccc24)N3)C1. The molecule has 0 radical (unpaired) electrons. The second-order valence-electron chi connectivity index (χ2n) is 7.34. The van der Waals surface area contributed by atoms with Crippen molar-refractivity contribution in [2.24, 2.45) is 5.92 Å². The van der Waals surface area contributed by atoms with E-state index in [1.807, 2.05) is 0 Å². The van der Waals surface area contributed by atoms with E-state index in [9.17, 15) is 4.79 Å². The molecule has 132 valence electrons. The number of benzene rings is 2. The topological polar surface area (TPSA) is 41.1 Å². The fraction of sp³-hybridized carbons (Fsp3) is 0.318. The molecule has 0 fully saturated rings. The average Bonchev–Trinajstić information content (AvgIpc) is 3.05. The molecule has 1 amide bonds. The Balaban J connectivity index is 1.55. The van der Waals surface area contributed by atoms with Gasteiger partial charge in [-0.1, -0.05) is 55.8 Å². The van der Waals surface area contributed by atoms with Gasteiger partial charge < -0.3 is 10.6 Å². The van der Waals surface area contributed by atoms with Crippen LogP contribution >= 0.6 is 11.3 Å². The smallest absolute Gasteiger partial charge is 0.256 e. The lowest BCUT2D eigenvalue weighted by Crippen LogP contribution is -2.38. The number of thiophene rings is 1. The van der Waals surface area contributed by atoms with Crippen molar-refractivity contribution in [2.75, 3.05) is 5.32 Å². The molecular formula is C22H22N2OS. The first-order valence-corrected chi connectivity index (χ1v) is 10.3. The lowest BCUT2D eigenvalue weighted by molar-refractivity contribution is 0.0935. The number of fused-ring (bicyclic) bond motifs is 4. The first-order valence-electron chi connectivity index (χ1n) is 9.44. The second kappa shape index (κ2) is 6.13. The Morgan fingerprint density at radius 1 is 1.12 bits per heavy atom. The molecule has 2 heterocycles. The minimum Gasteiger partial charge on any atom is -0.353 e. The molecule has 0 saturated carbocycles. The molecular weight excluding hydrogens is 340 g/mol. The van der Waals surface area contributed by atoms with Crippen LogP contribution in [0.3, 0.4) is 0 Å². The number of nitrogens with one attached hydrogen (secondary N) is 2. The van der Waals surface area contributed by atoms with Crippen LogP contribution in [0.2, 0.25) is 0 Å². The van der Waals surface area contributed by atoms with Gasteiger partial charge in [-0.2, -0.15) is 0 Å². The molecule has 1 aliphatic heterocycles. The van der Waals surface area contributed by atoms with Crippen LogP contribution in [0.5, 0.6) is 0 Å². The predicted octanol–water partition coefficient (Wildman–Crippen LogP) is 5.27. The van der Waals surface area contributed by atoms with Crippen LogP contribution in [-0.2, 0) is 12.8 Å². The normalized spacial score (nSPS) is 21.7. The van der Waals surface area contributed by atoms with Gasteiger partial charge in [0.2, 0.25) is 0 Å². The Hall–Kier alpha value is -2.33. The summed E-state index contributed by atoms with van der Waals surface area (Å²) in [4.78, 5) is 14.4. The van der Waals surface area contributed by atoms with Gasteiger partial charge in [-0.05, 0) is 41.5 Å². The fourth-order valence-corrected chi connectivity index (χ4v) is 5.76. The Kier molecular flexibility index (Phi) is 3.75. The van der Waals surface area contributed by atoms with E-state index in [0.717, 1.165) is 34.9 Å². The Bertz CT molecular complexity index is 1000. The fourth-order valence-electron chi connectivity index (χ4n) is 4.37. The van der Waals surface area contributed by atoms with E-state index < -0.39 is 0 Å². The summed E-state index contributed by atoms with van der Waals surface area (Å²) in [7, 11) is 0. The van der Waals surface area contributed by atoms with Gasteiger partial charge in [-0.25, -0.2) is 0 Å². The summed E-state index contributed by atoms with van der Waals surface area (Å²) in [6.45, 7) is 2.27. The molecule has 3 nitrogen and oxygen atoms in total. The second-order valence-corrected chi connectivity index (χ2v) is 8.45. The predicted molar refractivity (Wildman–Crippen MR) is 108 cm³/mol. The van der Waals surface area contributed by atoms with Crippen LogP contribution < -0.4 is 10.6 Å². The zero-order valence-corrected chi connectivity index (χ0v) is 15.7. The van der Waals surface area contributed by atoms with Crippen LogP contribution in [0.25, 0.3) is 10.8 Å². The minimum absolute atomic E-state index is 0.0733. The van der Waals surface area contributed by atoms with Gasteiger partial charge >= 0.3 is 0 Å². The van der Waals surface area contributed by atoms with Gasteiger partial charge in [-0.15, -0.1) is 11.3 Å². The van der Waals surface area contributed by atoms with Crippen LogP contribution in [0, 0.1) is 5.92 Å². The van der Waals surface area contributed by atoms with Crippen molar-refractivity contribution < 1.29 is 4.79 Å². The van der Waals surface area contributed by atoms with E-state index in [-0.39, 0.29) is 12.1 Å². The molecule has 2 N–H and O–H groups in total. The van der Waals surface area contributed by atoms with E-state index in [4.69, 9.17) is 0 Å². The summed E-state index contributed by atoms with van der Waals surface area (Å²) in [6.07, 6.45) is 4.40. The molecule has 0 spiro atoms. The number of hydrogen-bond acceptors (Lipinski definition) is 3. The van der Waals surface area contributed by atoms with Crippen molar-refractivity contribution in [3.05, 3.63) is 64.0 Å². The van der Waals surface area contributed by atoms with Crippen LogP contribution in [0.1, 0.15) is 52.3 Å². The van der Waals surface area contributed by atoms with Crippen LogP contribution in [-0.4, -0.2) is 5.91 Å². The third-order valence-electron chi connectivity index (χ3n) is 5.86. The van der Waals surface area contributed by atoms with Gasteiger partial charge in [0.25, 0.3) is 5.91 Å². The lowest BCUT2D eigenvalue weighted by Gasteiger charge is -2.28. The summed E-state index contributed by atoms with van der Waals surface area (Å²) in [6, 6.07) is 14.6. The molecule has 0 saturated heterocycles. The summed E-state index contributed by atoms with van der Waals surface area (Å²) < 4.78 is 0. The molecule has 26 heavy (non-hydrogen) atoms. The van der Waals surface area contributed by atoms with Crippen LogP contribution in [0.4, 0.5) is 5.00 Å². The van der Waals surface area contributed by atoms with E-state index in [1.165, 1.54) is 34.1 Å². The zero-order chi connectivity index (χ0) is 17.7. The third kappa shape index (κ3) is 2.43. The molecule has 2 unspecified atom stereocenters. The van der Waals surface area contributed by atoms with Crippen molar-refractivity contribution >= 4 is 33.0 Å². The van der Waals surface area contributed by atoms with E-state index in [1.54, 1.807) is 11.3 Å². The van der Waals surface area contributed by atoms with Crippen molar-refractivity contribution in [1.82, 2.24) is 5.32 Å². The van der Waals surface area contributed by atoms with E-state index in [0.29, 0.717) is 0 Å². The molecule has 2 atom stereocenters. The van der Waals surface area contributed by atoms with Crippen molar-refractivity contribution in [1.29, 1.82) is 0 Å². The first-order chi connectivity index (χ1) is 12.7. The number of carbonyl (C=O) groups is 1. The zero-order valence-electron chi connectivity index (χ0n) is 14.8. The maximum atomic E-state index is 12.9. The molecule has 2 aromatic carbocycles. The standard InChI is InChI=1S/C22H22N2OS/c1-2-13-10-11-17-18(12-13)26-22-19(17)21(25)23-20(24-22)16-9-5-7-14-6-3-4-8-15(14)16/h3-9,13,20,24H,2,10-12H2,1H3,(H,23,25). The van der Waals surface area contributed by atoms with Gasteiger partial charge in [0.1, 0.15) is 11.2 Å². The largest absolute Gasteiger partial charge is 0.353 e.